The molecule has 0 radical (unpaired) electrons. The molecule has 0 saturated heterocycles. The Balaban J connectivity index is 1.66. The van der Waals surface area contributed by atoms with E-state index < -0.39 is 0 Å². The Morgan fingerprint density at radius 2 is 1.87 bits per heavy atom. The molecule has 0 atom stereocenters. The Hall–Kier alpha value is -3.00. The van der Waals surface area contributed by atoms with Gasteiger partial charge in [0.25, 0.3) is 0 Å². The summed E-state index contributed by atoms with van der Waals surface area (Å²) in [5.41, 5.74) is 3.05. The van der Waals surface area contributed by atoms with Crippen molar-refractivity contribution in [3.8, 4) is 22.9 Å². The third-order valence-electron chi connectivity index (χ3n) is 4.86. The van der Waals surface area contributed by atoms with E-state index in [9.17, 15) is 4.79 Å². The van der Waals surface area contributed by atoms with E-state index in [0.717, 1.165) is 22.5 Å². The summed E-state index contributed by atoms with van der Waals surface area (Å²) in [7, 11) is 6.88. The molecule has 0 unspecified atom stereocenters. The summed E-state index contributed by atoms with van der Waals surface area (Å²) >= 11 is 1.38. The van der Waals surface area contributed by atoms with Crippen molar-refractivity contribution in [3.05, 3.63) is 53.6 Å². The van der Waals surface area contributed by atoms with Crippen LogP contribution in [0.25, 0.3) is 11.4 Å². The molecule has 0 N–H and O–H groups in total. The molecular weight excluding hydrogens is 400 g/mol. The van der Waals surface area contributed by atoms with Crippen LogP contribution in [0.1, 0.15) is 11.1 Å². The third kappa shape index (κ3) is 4.59. The van der Waals surface area contributed by atoms with Gasteiger partial charge in [-0.05, 0) is 18.6 Å². The van der Waals surface area contributed by atoms with Gasteiger partial charge in [0.1, 0.15) is 0 Å². The highest BCUT2D eigenvalue weighted by Gasteiger charge is 2.18. The van der Waals surface area contributed by atoms with Gasteiger partial charge in [-0.3, -0.25) is 4.79 Å². The molecule has 2 aromatic carbocycles. The van der Waals surface area contributed by atoms with Gasteiger partial charge < -0.3 is 18.9 Å². The molecule has 1 heterocycles. The topological polar surface area (TPSA) is 69.5 Å². The van der Waals surface area contributed by atoms with Gasteiger partial charge in [-0.25, -0.2) is 0 Å². The van der Waals surface area contributed by atoms with Gasteiger partial charge in [0.05, 0.1) is 20.0 Å². The molecule has 0 aliphatic heterocycles. The summed E-state index contributed by atoms with van der Waals surface area (Å²) in [5, 5.41) is 9.29. The van der Waals surface area contributed by atoms with E-state index in [2.05, 4.69) is 10.2 Å². The Bertz CT molecular complexity index is 1030. The number of benzene rings is 2. The average molecular weight is 427 g/mol. The van der Waals surface area contributed by atoms with Crippen molar-refractivity contribution in [1.29, 1.82) is 0 Å². The van der Waals surface area contributed by atoms with Crippen LogP contribution in [0, 0.1) is 6.92 Å². The van der Waals surface area contributed by atoms with Gasteiger partial charge in [-0.1, -0.05) is 48.2 Å². The Labute approximate surface area is 181 Å². The van der Waals surface area contributed by atoms with Gasteiger partial charge in [0, 0.05) is 31.8 Å². The fraction of sp³-hybridized carbons (Fsp3) is 0.318. The first-order valence-electron chi connectivity index (χ1n) is 9.48. The number of para-hydroxylation sites is 1. The normalized spacial score (nSPS) is 10.7. The molecule has 3 rings (SSSR count). The number of hydrogen-bond acceptors (Lipinski definition) is 6. The van der Waals surface area contributed by atoms with Gasteiger partial charge >= 0.3 is 0 Å². The lowest BCUT2D eigenvalue weighted by molar-refractivity contribution is -0.127. The van der Waals surface area contributed by atoms with Crippen molar-refractivity contribution in [1.82, 2.24) is 19.7 Å². The molecule has 30 heavy (non-hydrogen) atoms. The summed E-state index contributed by atoms with van der Waals surface area (Å²) in [6.07, 6.45) is 0. The number of thioether (sulfide) groups is 1. The van der Waals surface area contributed by atoms with E-state index in [1.165, 1.54) is 11.8 Å². The van der Waals surface area contributed by atoms with Crippen molar-refractivity contribution >= 4 is 17.7 Å². The van der Waals surface area contributed by atoms with Crippen molar-refractivity contribution in [3.63, 3.8) is 0 Å². The molecule has 3 aromatic rings. The molecule has 0 aliphatic rings. The van der Waals surface area contributed by atoms with Gasteiger partial charge in [-0.2, -0.15) is 0 Å². The van der Waals surface area contributed by atoms with Gasteiger partial charge in [0.15, 0.2) is 22.5 Å². The Morgan fingerprint density at radius 1 is 1.10 bits per heavy atom. The number of hydrogen-bond donors (Lipinski definition) is 0. The largest absolute Gasteiger partial charge is 0.493 e. The van der Waals surface area contributed by atoms with Gasteiger partial charge in [0.2, 0.25) is 5.91 Å². The third-order valence-corrected chi connectivity index (χ3v) is 5.87. The number of carbonyl (C=O) groups excluding carboxylic acids is 1. The van der Waals surface area contributed by atoms with Crippen LogP contribution in [0.15, 0.2) is 47.6 Å². The fourth-order valence-electron chi connectivity index (χ4n) is 3.16. The van der Waals surface area contributed by atoms with E-state index in [-0.39, 0.29) is 11.7 Å². The van der Waals surface area contributed by atoms with E-state index in [4.69, 9.17) is 9.47 Å². The monoisotopic (exact) mass is 426 g/mol. The zero-order chi connectivity index (χ0) is 21.7. The zero-order valence-corrected chi connectivity index (χ0v) is 18.7. The zero-order valence-electron chi connectivity index (χ0n) is 17.9. The summed E-state index contributed by atoms with van der Waals surface area (Å²) in [5.74, 6) is 2.34. The lowest BCUT2D eigenvalue weighted by Gasteiger charge is -2.19. The minimum absolute atomic E-state index is 0.00897. The van der Waals surface area contributed by atoms with Crippen molar-refractivity contribution in [2.75, 3.05) is 27.0 Å². The van der Waals surface area contributed by atoms with E-state index in [1.807, 2.05) is 61.0 Å². The van der Waals surface area contributed by atoms with E-state index >= 15 is 0 Å². The number of carbonyl (C=O) groups is 1. The lowest BCUT2D eigenvalue weighted by atomic mass is 10.1. The van der Waals surface area contributed by atoms with Crippen LogP contribution in [-0.4, -0.2) is 52.6 Å². The predicted octanol–water partition coefficient (Wildman–Crippen LogP) is 3.56. The van der Waals surface area contributed by atoms with E-state index in [1.54, 1.807) is 26.2 Å². The van der Waals surface area contributed by atoms with Gasteiger partial charge in [-0.15, -0.1) is 10.2 Å². The lowest BCUT2D eigenvalue weighted by Crippen LogP contribution is -2.28. The summed E-state index contributed by atoms with van der Waals surface area (Å²) in [6.45, 7) is 2.47. The maximum Gasteiger partial charge on any atom is 0.233 e. The number of aromatic nitrogens is 3. The number of amides is 1. The summed E-state index contributed by atoms with van der Waals surface area (Å²) < 4.78 is 12.7. The molecule has 158 valence electrons. The molecule has 1 amide bonds. The Morgan fingerprint density at radius 3 is 2.57 bits per heavy atom. The van der Waals surface area contributed by atoms with Crippen molar-refractivity contribution in [2.45, 2.75) is 18.6 Å². The molecule has 0 saturated carbocycles. The maximum atomic E-state index is 12.7. The second kappa shape index (κ2) is 9.67. The number of rotatable bonds is 8. The van der Waals surface area contributed by atoms with Crippen molar-refractivity contribution in [2.24, 2.45) is 7.05 Å². The van der Waals surface area contributed by atoms with Crippen LogP contribution in [0.5, 0.6) is 11.5 Å². The minimum Gasteiger partial charge on any atom is -0.493 e. The second-order valence-corrected chi connectivity index (χ2v) is 7.81. The highest BCUT2D eigenvalue weighted by molar-refractivity contribution is 7.99. The summed E-state index contributed by atoms with van der Waals surface area (Å²) in [6, 6.07) is 13.7. The fourth-order valence-corrected chi connectivity index (χ4v) is 4.01. The second-order valence-electron chi connectivity index (χ2n) is 6.87. The van der Waals surface area contributed by atoms with Crippen LogP contribution < -0.4 is 9.47 Å². The molecule has 7 nitrogen and oxygen atoms in total. The van der Waals surface area contributed by atoms with Crippen LogP contribution in [0.3, 0.4) is 0 Å². The first kappa shape index (κ1) is 21.7. The smallest absolute Gasteiger partial charge is 0.233 e. The highest BCUT2D eigenvalue weighted by atomic mass is 32.2. The quantitative estimate of drug-likeness (QED) is 0.513. The average Bonchev–Trinajstić information content (AvgIpc) is 3.12. The first-order valence-corrected chi connectivity index (χ1v) is 10.5. The van der Waals surface area contributed by atoms with Crippen LogP contribution in [0.2, 0.25) is 0 Å². The maximum absolute atomic E-state index is 12.7. The highest BCUT2D eigenvalue weighted by Crippen LogP contribution is 2.31. The van der Waals surface area contributed by atoms with E-state index in [0.29, 0.717) is 23.2 Å². The molecule has 8 heteroatoms. The SMILES string of the molecule is COc1cccc(CN(C)C(=O)CSc2nnc(-c3ccccc3C)n2C)c1OC. The molecular formula is C22H26N4O3S. The number of aryl methyl sites for hydroxylation is 1. The molecule has 0 spiro atoms. The predicted molar refractivity (Wildman–Crippen MR) is 118 cm³/mol. The van der Waals surface area contributed by atoms with Crippen LogP contribution in [0.4, 0.5) is 0 Å². The minimum atomic E-state index is -0.00897. The molecule has 0 fully saturated rings. The first-order chi connectivity index (χ1) is 14.5. The molecule has 1 aromatic heterocycles. The summed E-state index contributed by atoms with van der Waals surface area (Å²) in [4.78, 5) is 14.4. The number of ether oxygens (including phenoxy) is 2. The standard InChI is InChI=1S/C22H26N4O3S/c1-15-9-6-7-11-17(15)21-23-24-22(26(21)3)30-14-19(27)25(2)13-16-10-8-12-18(28-4)20(16)29-5/h6-12H,13-14H2,1-5H3. The number of methoxy groups -OCH3 is 2. The Kier molecular flexibility index (Phi) is 6.99. The number of nitrogens with zero attached hydrogens (tertiary/aromatic N) is 4. The van der Waals surface area contributed by atoms with Crippen LogP contribution in [-0.2, 0) is 18.4 Å². The molecule has 0 aliphatic carbocycles. The van der Waals surface area contributed by atoms with Crippen molar-refractivity contribution < 1.29 is 14.3 Å². The van der Waals surface area contributed by atoms with Crippen LogP contribution >= 0.6 is 11.8 Å². The molecule has 0 bridgehead atoms.